The molecule has 100 valence electrons. The molecule has 0 aromatic heterocycles. The number of hydrogen-bond donors (Lipinski definition) is 1. The van der Waals surface area contributed by atoms with E-state index in [9.17, 15) is 0 Å². The molecule has 2 aliphatic rings. The highest BCUT2D eigenvalue weighted by molar-refractivity contribution is 4.98. The summed E-state index contributed by atoms with van der Waals surface area (Å²) in [5.74, 6) is 0. The minimum absolute atomic E-state index is 0.262. The van der Waals surface area contributed by atoms with Crippen molar-refractivity contribution in [3.8, 4) is 0 Å². The smallest absolute Gasteiger partial charge is 0.0986 e. The van der Waals surface area contributed by atoms with Crippen molar-refractivity contribution >= 4 is 0 Å². The van der Waals surface area contributed by atoms with Gasteiger partial charge in [-0.3, -0.25) is 0 Å². The summed E-state index contributed by atoms with van der Waals surface area (Å²) in [6.45, 7) is 2.85. The second kappa shape index (κ2) is 6.72. The standard InChI is InChI=1S/C14H27NO2/c1-3-17-13-10-12(14(13)16-2)15-11-8-6-4-5-7-9-11/h11-15H,3-10H2,1-2H3/t12-,13+,14-/m0/s1. The summed E-state index contributed by atoms with van der Waals surface area (Å²) < 4.78 is 11.2. The molecule has 3 nitrogen and oxygen atoms in total. The second-order valence-electron chi connectivity index (χ2n) is 5.39. The number of hydrogen-bond acceptors (Lipinski definition) is 3. The topological polar surface area (TPSA) is 30.5 Å². The molecule has 0 aromatic rings. The Kier molecular flexibility index (Phi) is 5.26. The molecule has 2 saturated carbocycles. The average Bonchev–Trinajstić information content (AvgIpc) is 2.56. The minimum Gasteiger partial charge on any atom is -0.377 e. The molecule has 0 saturated heterocycles. The van der Waals surface area contributed by atoms with Crippen LogP contribution in [0, 0.1) is 0 Å². The number of methoxy groups -OCH3 is 1. The maximum absolute atomic E-state index is 5.66. The van der Waals surface area contributed by atoms with Gasteiger partial charge in [-0.1, -0.05) is 25.7 Å². The first-order valence-corrected chi connectivity index (χ1v) is 7.25. The van der Waals surface area contributed by atoms with Crippen LogP contribution in [-0.2, 0) is 9.47 Å². The lowest BCUT2D eigenvalue weighted by Gasteiger charge is -2.45. The number of nitrogens with one attached hydrogen (secondary N) is 1. The molecular formula is C14H27NO2. The molecule has 2 fully saturated rings. The van der Waals surface area contributed by atoms with Crippen molar-refractivity contribution in [3.05, 3.63) is 0 Å². The van der Waals surface area contributed by atoms with Gasteiger partial charge in [0.1, 0.15) is 0 Å². The Hall–Kier alpha value is -0.120. The van der Waals surface area contributed by atoms with Crippen LogP contribution in [0.2, 0.25) is 0 Å². The monoisotopic (exact) mass is 241 g/mol. The van der Waals surface area contributed by atoms with Crippen LogP contribution in [0.1, 0.15) is 51.9 Å². The van der Waals surface area contributed by atoms with E-state index in [0.29, 0.717) is 18.2 Å². The summed E-state index contributed by atoms with van der Waals surface area (Å²) in [5, 5.41) is 3.78. The Balaban J connectivity index is 1.75. The van der Waals surface area contributed by atoms with Gasteiger partial charge < -0.3 is 14.8 Å². The zero-order chi connectivity index (χ0) is 12.1. The molecule has 0 aliphatic heterocycles. The van der Waals surface area contributed by atoms with E-state index in [1.807, 2.05) is 0 Å². The molecule has 2 rings (SSSR count). The Morgan fingerprint density at radius 3 is 2.41 bits per heavy atom. The first-order valence-electron chi connectivity index (χ1n) is 7.25. The van der Waals surface area contributed by atoms with Gasteiger partial charge in [-0.05, 0) is 26.2 Å². The number of rotatable bonds is 5. The van der Waals surface area contributed by atoms with Gasteiger partial charge in [0, 0.05) is 25.8 Å². The first-order chi connectivity index (χ1) is 8.35. The van der Waals surface area contributed by atoms with Crippen molar-refractivity contribution in [3.63, 3.8) is 0 Å². The molecule has 0 amide bonds. The van der Waals surface area contributed by atoms with E-state index in [1.54, 1.807) is 7.11 Å². The van der Waals surface area contributed by atoms with Crippen LogP contribution in [-0.4, -0.2) is 38.0 Å². The van der Waals surface area contributed by atoms with Crippen LogP contribution in [0.15, 0.2) is 0 Å². The van der Waals surface area contributed by atoms with E-state index in [4.69, 9.17) is 9.47 Å². The highest BCUT2D eigenvalue weighted by atomic mass is 16.5. The third-order valence-electron chi connectivity index (χ3n) is 4.21. The maximum Gasteiger partial charge on any atom is 0.0986 e. The summed E-state index contributed by atoms with van der Waals surface area (Å²) in [5.41, 5.74) is 0. The van der Waals surface area contributed by atoms with Crippen LogP contribution >= 0.6 is 0 Å². The summed E-state index contributed by atoms with van der Waals surface area (Å²) >= 11 is 0. The third kappa shape index (κ3) is 3.43. The van der Waals surface area contributed by atoms with Crippen LogP contribution < -0.4 is 5.32 Å². The van der Waals surface area contributed by atoms with Crippen LogP contribution in [0.3, 0.4) is 0 Å². The van der Waals surface area contributed by atoms with Gasteiger partial charge in [0.25, 0.3) is 0 Å². The highest BCUT2D eigenvalue weighted by Gasteiger charge is 2.42. The summed E-state index contributed by atoms with van der Waals surface area (Å²) in [6.07, 6.45) is 9.97. The largest absolute Gasteiger partial charge is 0.377 e. The minimum atomic E-state index is 0.262. The van der Waals surface area contributed by atoms with Crippen LogP contribution in [0.25, 0.3) is 0 Å². The average molecular weight is 241 g/mol. The van der Waals surface area contributed by atoms with E-state index in [0.717, 1.165) is 13.0 Å². The molecule has 3 atom stereocenters. The molecule has 0 spiro atoms. The third-order valence-corrected chi connectivity index (χ3v) is 4.21. The van der Waals surface area contributed by atoms with Crippen molar-refractivity contribution in [2.24, 2.45) is 0 Å². The van der Waals surface area contributed by atoms with E-state index >= 15 is 0 Å². The van der Waals surface area contributed by atoms with Crippen molar-refractivity contribution < 1.29 is 9.47 Å². The predicted molar refractivity (Wildman–Crippen MR) is 69.2 cm³/mol. The van der Waals surface area contributed by atoms with Crippen molar-refractivity contribution in [1.29, 1.82) is 0 Å². The SMILES string of the molecule is CCO[C@@H]1C[C@H](NC2CCCCCC2)[C@@H]1OC. The van der Waals surface area contributed by atoms with E-state index in [-0.39, 0.29) is 6.10 Å². The molecule has 0 unspecified atom stereocenters. The lowest BCUT2D eigenvalue weighted by Crippen LogP contribution is -2.61. The highest BCUT2D eigenvalue weighted by Crippen LogP contribution is 2.29. The molecule has 17 heavy (non-hydrogen) atoms. The summed E-state index contributed by atoms with van der Waals surface area (Å²) in [6, 6.07) is 1.22. The molecule has 1 N–H and O–H groups in total. The fraction of sp³-hybridized carbons (Fsp3) is 1.00. The molecule has 3 heteroatoms. The summed E-state index contributed by atoms with van der Waals surface area (Å²) in [4.78, 5) is 0. The van der Waals surface area contributed by atoms with E-state index < -0.39 is 0 Å². The quantitative estimate of drug-likeness (QED) is 0.750. The molecule has 2 aliphatic carbocycles. The Morgan fingerprint density at radius 2 is 1.82 bits per heavy atom. The van der Waals surface area contributed by atoms with Gasteiger partial charge >= 0.3 is 0 Å². The van der Waals surface area contributed by atoms with Gasteiger partial charge in [-0.2, -0.15) is 0 Å². The molecule has 0 bridgehead atoms. The molecule has 0 radical (unpaired) electrons. The normalized spacial score (nSPS) is 35.3. The van der Waals surface area contributed by atoms with Gasteiger partial charge in [-0.15, -0.1) is 0 Å². The van der Waals surface area contributed by atoms with Gasteiger partial charge in [-0.25, -0.2) is 0 Å². The predicted octanol–water partition coefficient (Wildman–Crippen LogP) is 2.49. The lowest BCUT2D eigenvalue weighted by atomic mass is 9.84. The Morgan fingerprint density at radius 1 is 1.12 bits per heavy atom. The van der Waals surface area contributed by atoms with Crippen LogP contribution in [0.4, 0.5) is 0 Å². The Labute approximate surface area is 105 Å². The summed E-state index contributed by atoms with van der Waals surface area (Å²) in [7, 11) is 1.80. The number of ether oxygens (including phenoxy) is 2. The van der Waals surface area contributed by atoms with Crippen molar-refractivity contribution in [1.82, 2.24) is 5.32 Å². The fourth-order valence-electron chi connectivity index (χ4n) is 3.19. The van der Waals surface area contributed by atoms with Crippen molar-refractivity contribution in [2.75, 3.05) is 13.7 Å². The fourth-order valence-corrected chi connectivity index (χ4v) is 3.19. The van der Waals surface area contributed by atoms with E-state index in [2.05, 4.69) is 12.2 Å². The van der Waals surface area contributed by atoms with E-state index in [1.165, 1.54) is 38.5 Å². The second-order valence-corrected chi connectivity index (χ2v) is 5.39. The zero-order valence-corrected chi connectivity index (χ0v) is 11.3. The maximum atomic E-state index is 5.66. The van der Waals surface area contributed by atoms with Crippen LogP contribution in [0.5, 0.6) is 0 Å². The lowest BCUT2D eigenvalue weighted by molar-refractivity contribution is -0.133. The van der Waals surface area contributed by atoms with Gasteiger partial charge in [0.2, 0.25) is 0 Å². The van der Waals surface area contributed by atoms with Gasteiger partial charge in [0.15, 0.2) is 0 Å². The van der Waals surface area contributed by atoms with Gasteiger partial charge in [0.05, 0.1) is 12.2 Å². The molecule has 0 heterocycles. The Bertz CT molecular complexity index is 214. The molecule has 0 aromatic carbocycles. The molecular weight excluding hydrogens is 214 g/mol. The van der Waals surface area contributed by atoms with Crippen molar-refractivity contribution in [2.45, 2.75) is 76.2 Å². The first kappa shape index (κ1) is 13.3. The zero-order valence-electron chi connectivity index (χ0n) is 11.3.